The lowest BCUT2D eigenvalue weighted by molar-refractivity contribution is -0.242. The summed E-state index contributed by atoms with van der Waals surface area (Å²) in [5, 5.41) is 0. The maximum absolute atomic E-state index is 13.3. The standard InChI is InChI=1S/C34H58O.C2H6/c1-9-11-12-24-15-20-34(23(3)35)22-21-32(7)26(29(24)34)13-14-28-31(6)18-16-25(10-2)30(4,5)27(31)17-19-33(28,32)8;1-2/h24-29H,9-22H2,1-8H3;1-2H3/t24-,25?,26-,27?,28-,29?,31+,32-,33-,34-;/m1./s1. The van der Waals surface area contributed by atoms with Gasteiger partial charge < -0.3 is 0 Å². The molecule has 214 valence electrons. The Hall–Kier alpha value is -0.330. The molecule has 1 heteroatoms. The molecular weight excluding hydrogens is 448 g/mol. The molecule has 5 rings (SSSR count). The largest absolute Gasteiger partial charge is 0.299 e. The number of ketones is 1. The van der Waals surface area contributed by atoms with Gasteiger partial charge in [-0.05, 0) is 128 Å². The molecule has 0 aromatic heterocycles. The van der Waals surface area contributed by atoms with Gasteiger partial charge in [-0.2, -0.15) is 0 Å². The van der Waals surface area contributed by atoms with Crippen LogP contribution in [-0.2, 0) is 4.79 Å². The van der Waals surface area contributed by atoms with Crippen molar-refractivity contribution in [2.24, 2.45) is 62.6 Å². The van der Waals surface area contributed by atoms with Crippen LogP contribution >= 0.6 is 0 Å². The van der Waals surface area contributed by atoms with Gasteiger partial charge in [-0.1, -0.05) is 88.0 Å². The van der Waals surface area contributed by atoms with Crippen molar-refractivity contribution in [2.75, 3.05) is 0 Å². The van der Waals surface area contributed by atoms with E-state index < -0.39 is 0 Å². The highest BCUT2D eigenvalue weighted by molar-refractivity contribution is 5.83. The molecule has 0 spiro atoms. The highest BCUT2D eigenvalue weighted by Gasteiger charge is 2.71. The number of carbonyl (C=O) groups excluding carboxylic acids is 1. The quantitative estimate of drug-likeness (QED) is 0.358. The minimum atomic E-state index is 0.0219. The summed E-state index contributed by atoms with van der Waals surface area (Å²) in [6, 6.07) is 0. The van der Waals surface area contributed by atoms with Crippen LogP contribution in [0.2, 0.25) is 0 Å². The van der Waals surface area contributed by atoms with Gasteiger partial charge in [0.1, 0.15) is 5.78 Å². The Morgan fingerprint density at radius 2 is 1.46 bits per heavy atom. The van der Waals surface area contributed by atoms with Gasteiger partial charge in [0.15, 0.2) is 0 Å². The molecule has 0 aromatic carbocycles. The maximum atomic E-state index is 13.3. The topological polar surface area (TPSA) is 17.1 Å². The van der Waals surface area contributed by atoms with Crippen molar-refractivity contribution in [1.82, 2.24) is 0 Å². The Bertz CT molecular complexity index is 827. The number of unbranched alkanes of at least 4 members (excludes halogenated alkanes) is 1. The van der Waals surface area contributed by atoms with Crippen molar-refractivity contribution in [3.8, 4) is 0 Å². The van der Waals surface area contributed by atoms with Crippen LogP contribution in [0.1, 0.15) is 159 Å². The van der Waals surface area contributed by atoms with E-state index in [0.717, 1.165) is 29.6 Å². The van der Waals surface area contributed by atoms with E-state index in [1.807, 2.05) is 20.8 Å². The molecule has 0 amide bonds. The van der Waals surface area contributed by atoms with Crippen LogP contribution in [0.3, 0.4) is 0 Å². The molecule has 1 nitrogen and oxygen atoms in total. The summed E-state index contributed by atoms with van der Waals surface area (Å²) in [5.41, 5.74) is 1.86. The van der Waals surface area contributed by atoms with Crippen LogP contribution in [0.25, 0.3) is 0 Å². The first kappa shape index (κ1) is 29.6. The smallest absolute Gasteiger partial charge is 0.136 e. The van der Waals surface area contributed by atoms with Crippen molar-refractivity contribution in [3.63, 3.8) is 0 Å². The molecule has 37 heavy (non-hydrogen) atoms. The molecule has 5 aliphatic carbocycles. The van der Waals surface area contributed by atoms with Crippen molar-refractivity contribution in [2.45, 2.75) is 159 Å². The van der Waals surface area contributed by atoms with Crippen molar-refractivity contribution >= 4 is 5.78 Å². The molecule has 3 unspecified atom stereocenters. The van der Waals surface area contributed by atoms with Crippen molar-refractivity contribution in [3.05, 3.63) is 0 Å². The summed E-state index contributed by atoms with van der Waals surface area (Å²) >= 11 is 0. The third-order valence-electron chi connectivity index (χ3n) is 14.9. The zero-order valence-electron chi connectivity index (χ0n) is 26.8. The van der Waals surface area contributed by atoms with Gasteiger partial charge >= 0.3 is 0 Å². The monoisotopic (exact) mass is 512 g/mol. The highest BCUT2D eigenvalue weighted by Crippen LogP contribution is 2.77. The normalized spacial score (nSPS) is 50.0. The van der Waals surface area contributed by atoms with Gasteiger partial charge in [0.05, 0.1) is 0 Å². The van der Waals surface area contributed by atoms with E-state index in [4.69, 9.17) is 0 Å². The molecule has 0 bridgehead atoms. The molecule has 5 fully saturated rings. The fraction of sp³-hybridized carbons (Fsp3) is 0.972. The molecule has 0 N–H and O–H groups in total. The summed E-state index contributed by atoms with van der Waals surface area (Å²) in [5.74, 6) is 5.44. The van der Waals surface area contributed by atoms with Crippen LogP contribution in [-0.4, -0.2) is 5.78 Å². The lowest BCUT2D eigenvalue weighted by atomic mass is 9.31. The SMILES string of the molecule is CC.CCCC[C@@H]1CC[C@]2(C(C)=O)CC[C@]3(C)[C@H](CC[C@@H]4[C@@]5(C)CCC(CC)C(C)(C)C5CC[C@]43C)C12. The second-order valence-corrected chi connectivity index (χ2v) is 15.8. The Morgan fingerprint density at radius 1 is 0.757 bits per heavy atom. The number of hydrogen-bond acceptors (Lipinski definition) is 1. The van der Waals surface area contributed by atoms with Gasteiger partial charge in [-0.25, -0.2) is 0 Å². The first-order valence-electron chi connectivity index (χ1n) is 16.9. The fourth-order valence-electron chi connectivity index (χ4n) is 12.9. The minimum absolute atomic E-state index is 0.0219. The summed E-state index contributed by atoms with van der Waals surface area (Å²) < 4.78 is 0. The van der Waals surface area contributed by atoms with E-state index in [0.29, 0.717) is 33.4 Å². The summed E-state index contributed by atoms with van der Waals surface area (Å²) in [6.07, 6.45) is 19.0. The van der Waals surface area contributed by atoms with Crippen molar-refractivity contribution in [1.29, 1.82) is 0 Å². The third kappa shape index (κ3) is 3.99. The minimum Gasteiger partial charge on any atom is -0.299 e. The van der Waals surface area contributed by atoms with Crippen LogP contribution in [0.15, 0.2) is 0 Å². The molecule has 0 radical (unpaired) electrons. The predicted octanol–water partition coefficient (Wildman–Crippen LogP) is 10.9. The van der Waals surface area contributed by atoms with E-state index in [2.05, 4.69) is 48.5 Å². The van der Waals surface area contributed by atoms with E-state index in [-0.39, 0.29) is 5.41 Å². The van der Waals surface area contributed by atoms with Crippen LogP contribution in [0.4, 0.5) is 0 Å². The average Bonchev–Trinajstić information content (AvgIpc) is 3.24. The number of hydrogen-bond donors (Lipinski definition) is 0. The molecule has 0 heterocycles. The predicted molar refractivity (Wildman–Crippen MR) is 159 cm³/mol. The molecule has 0 aromatic rings. The number of carbonyl (C=O) groups is 1. The zero-order chi connectivity index (χ0) is 27.4. The fourth-order valence-corrected chi connectivity index (χ4v) is 12.9. The lowest BCUT2D eigenvalue weighted by Crippen LogP contribution is -2.66. The van der Waals surface area contributed by atoms with Gasteiger partial charge in [-0.15, -0.1) is 0 Å². The lowest BCUT2D eigenvalue weighted by Gasteiger charge is -2.73. The number of Topliss-reactive ketones (excluding diaryl/α,β-unsaturated/α-hetero) is 1. The molecule has 5 aliphatic rings. The maximum Gasteiger partial charge on any atom is 0.136 e. The van der Waals surface area contributed by atoms with E-state index in [1.165, 1.54) is 89.9 Å². The number of rotatable bonds is 5. The molecule has 0 aliphatic heterocycles. The van der Waals surface area contributed by atoms with E-state index >= 15 is 0 Å². The van der Waals surface area contributed by atoms with Crippen LogP contribution in [0, 0.1) is 62.6 Å². The average molecular weight is 513 g/mol. The van der Waals surface area contributed by atoms with Crippen molar-refractivity contribution < 1.29 is 4.79 Å². The third-order valence-corrected chi connectivity index (χ3v) is 14.9. The zero-order valence-corrected chi connectivity index (χ0v) is 26.8. The van der Waals surface area contributed by atoms with Gasteiger partial charge in [0.25, 0.3) is 0 Å². The van der Waals surface area contributed by atoms with Crippen LogP contribution in [0.5, 0.6) is 0 Å². The summed E-state index contributed by atoms with van der Waals surface area (Å²) in [7, 11) is 0. The Kier molecular flexibility index (Phi) is 8.21. The molecule has 10 atom stereocenters. The molecular formula is C36H64O. The second-order valence-electron chi connectivity index (χ2n) is 15.8. The Labute approximate surface area is 232 Å². The molecule has 0 saturated heterocycles. The summed E-state index contributed by atoms with van der Waals surface area (Å²) in [6.45, 7) is 24.3. The van der Waals surface area contributed by atoms with Gasteiger partial charge in [0.2, 0.25) is 0 Å². The number of fused-ring (bicyclic) bond motifs is 7. The first-order chi connectivity index (χ1) is 17.4. The second kappa shape index (κ2) is 10.3. The van der Waals surface area contributed by atoms with E-state index in [9.17, 15) is 4.79 Å². The van der Waals surface area contributed by atoms with E-state index in [1.54, 1.807) is 0 Å². The Morgan fingerprint density at radius 3 is 2.08 bits per heavy atom. The summed E-state index contributed by atoms with van der Waals surface area (Å²) in [4.78, 5) is 13.3. The van der Waals surface area contributed by atoms with Gasteiger partial charge in [0, 0.05) is 5.41 Å². The van der Waals surface area contributed by atoms with Crippen LogP contribution < -0.4 is 0 Å². The van der Waals surface area contributed by atoms with Gasteiger partial charge in [-0.3, -0.25) is 4.79 Å². The first-order valence-corrected chi connectivity index (χ1v) is 16.9. The Balaban J connectivity index is 0.00000156. The highest BCUT2D eigenvalue weighted by atomic mass is 16.1. The molecule has 5 saturated carbocycles.